The van der Waals surface area contributed by atoms with Gasteiger partial charge in [-0.25, -0.2) is 13.1 Å². The van der Waals surface area contributed by atoms with Gasteiger partial charge in [0.1, 0.15) is 0 Å². The van der Waals surface area contributed by atoms with Crippen molar-refractivity contribution in [2.75, 3.05) is 12.4 Å². The highest BCUT2D eigenvalue weighted by Gasteiger charge is 2.15. The summed E-state index contributed by atoms with van der Waals surface area (Å²) in [6, 6.07) is 10.0. The number of rotatable bonds is 6. The van der Waals surface area contributed by atoms with Gasteiger partial charge in [0, 0.05) is 23.9 Å². The normalized spacial score (nSPS) is 11.3. The van der Waals surface area contributed by atoms with Crippen LogP contribution in [0.1, 0.15) is 16.7 Å². The highest BCUT2D eigenvalue weighted by atomic mass is 32.2. The third-order valence-electron chi connectivity index (χ3n) is 3.71. The molecule has 0 saturated heterocycles. The van der Waals surface area contributed by atoms with Crippen molar-refractivity contribution in [3.8, 4) is 0 Å². The van der Waals surface area contributed by atoms with E-state index in [0.29, 0.717) is 23.4 Å². The van der Waals surface area contributed by atoms with Gasteiger partial charge in [-0.05, 0) is 44.2 Å². The summed E-state index contributed by atoms with van der Waals surface area (Å²) in [4.78, 5) is 10.8. The summed E-state index contributed by atoms with van der Waals surface area (Å²) in [6.45, 7) is 3.75. The number of aryl methyl sites for hydroxylation is 2. The highest BCUT2D eigenvalue weighted by molar-refractivity contribution is 7.89. The fourth-order valence-corrected chi connectivity index (χ4v) is 3.27. The van der Waals surface area contributed by atoms with Crippen molar-refractivity contribution in [3.63, 3.8) is 0 Å². The average molecular weight is 349 g/mol. The molecule has 0 amide bonds. The van der Waals surface area contributed by atoms with Crippen molar-refractivity contribution < 1.29 is 13.3 Å². The summed E-state index contributed by atoms with van der Waals surface area (Å²) in [7, 11) is -2.18. The number of benzene rings is 2. The SMILES string of the molecule is CNS(=O)(=O)c1cc(NCc2ccc(C)c([N+](=O)[O-])c2)ccc1C. The molecule has 2 aromatic rings. The first-order valence-electron chi connectivity index (χ1n) is 7.26. The van der Waals surface area contributed by atoms with Crippen LogP contribution in [0.4, 0.5) is 11.4 Å². The Hall–Kier alpha value is -2.45. The minimum absolute atomic E-state index is 0.0663. The van der Waals surface area contributed by atoms with Crippen LogP contribution in [0.2, 0.25) is 0 Å². The summed E-state index contributed by atoms with van der Waals surface area (Å²) in [5.74, 6) is 0. The Morgan fingerprint density at radius 3 is 2.38 bits per heavy atom. The number of nitro benzene ring substituents is 1. The van der Waals surface area contributed by atoms with Crippen molar-refractivity contribution in [2.45, 2.75) is 25.3 Å². The van der Waals surface area contributed by atoms with Crippen LogP contribution >= 0.6 is 0 Å². The second-order valence-corrected chi connectivity index (χ2v) is 7.27. The summed E-state index contributed by atoms with van der Waals surface area (Å²) < 4.78 is 26.3. The van der Waals surface area contributed by atoms with Crippen LogP contribution in [0.3, 0.4) is 0 Å². The molecule has 0 spiro atoms. The highest BCUT2D eigenvalue weighted by Crippen LogP contribution is 2.22. The van der Waals surface area contributed by atoms with Gasteiger partial charge in [0.25, 0.3) is 5.69 Å². The smallest absolute Gasteiger partial charge is 0.272 e. The van der Waals surface area contributed by atoms with Crippen molar-refractivity contribution in [1.82, 2.24) is 4.72 Å². The monoisotopic (exact) mass is 349 g/mol. The van der Waals surface area contributed by atoms with Gasteiger partial charge < -0.3 is 5.32 Å². The van der Waals surface area contributed by atoms with Gasteiger partial charge in [0.05, 0.1) is 9.82 Å². The van der Waals surface area contributed by atoms with E-state index in [2.05, 4.69) is 10.0 Å². The first-order valence-corrected chi connectivity index (χ1v) is 8.75. The molecule has 0 heterocycles. The Morgan fingerprint density at radius 1 is 1.08 bits per heavy atom. The zero-order valence-corrected chi connectivity index (χ0v) is 14.5. The first kappa shape index (κ1) is 17.9. The molecule has 2 N–H and O–H groups in total. The van der Waals surface area contributed by atoms with Crippen LogP contribution in [0.5, 0.6) is 0 Å². The molecule has 0 aliphatic rings. The topological polar surface area (TPSA) is 101 Å². The van der Waals surface area contributed by atoms with E-state index in [-0.39, 0.29) is 10.6 Å². The Bertz CT molecular complexity index is 879. The molecule has 8 heteroatoms. The number of nitrogens with zero attached hydrogens (tertiary/aromatic N) is 1. The molecular formula is C16H19N3O4S. The molecule has 0 aliphatic carbocycles. The van der Waals surface area contributed by atoms with Gasteiger partial charge in [0.2, 0.25) is 10.0 Å². The molecular weight excluding hydrogens is 330 g/mol. The molecule has 0 fully saturated rings. The van der Waals surface area contributed by atoms with E-state index in [1.807, 2.05) is 0 Å². The number of anilines is 1. The maximum Gasteiger partial charge on any atom is 0.272 e. The van der Waals surface area contributed by atoms with Crippen molar-refractivity contribution in [1.29, 1.82) is 0 Å². The lowest BCUT2D eigenvalue weighted by atomic mass is 10.1. The van der Waals surface area contributed by atoms with Crippen molar-refractivity contribution in [3.05, 3.63) is 63.2 Å². The van der Waals surface area contributed by atoms with E-state index in [1.165, 1.54) is 13.1 Å². The second kappa shape index (κ2) is 6.98. The molecule has 24 heavy (non-hydrogen) atoms. The quantitative estimate of drug-likeness (QED) is 0.617. The molecule has 0 atom stereocenters. The predicted molar refractivity (Wildman–Crippen MR) is 92.6 cm³/mol. The third-order valence-corrected chi connectivity index (χ3v) is 5.27. The summed E-state index contributed by atoms with van der Waals surface area (Å²) in [5.41, 5.74) is 2.67. The Balaban J connectivity index is 2.23. The zero-order chi connectivity index (χ0) is 17.9. The third kappa shape index (κ3) is 3.90. The van der Waals surface area contributed by atoms with Crippen molar-refractivity contribution >= 4 is 21.4 Å². The van der Waals surface area contributed by atoms with Crippen LogP contribution in [0.25, 0.3) is 0 Å². The van der Waals surface area contributed by atoms with E-state index in [9.17, 15) is 18.5 Å². The molecule has 0 radical (unpaired) electrons. The Morgan fingerprint density at radius 2 is 1.75 bits per heavy atom. The number of sulfonamides is 1. The van der Waals surface area contributed by atoms with E-state index in [0.717, 1.165) is 5.56 Å². The maximum absolute atomic E-state index is 12.0. The molecule has 2 rings (SSSR count). The summed E-state index contributed by atoms with van der Waals surface area (Å²) in [6.07, 6.45) is 0. The lowest BCUT2D eigenvalue weighted by molar-refractivity contribution is -0.385. The van der Waals surface area contributed by atoms with Crippen LogP contribution in [-0.2, 0) is 16.6 Å². The second-order valence-electron chi connectivity index (χ2n) is 5.42. The Labute approximate surface area is 140 Å². The molecule has 0 bridgehead atoms. The molecule has 0 saturated carbocycles. The summed E-state index contributed by atoms with van der Waals surface area (Å²) in [5, 5.41) is 14.1. The van der Waals surface area contributed by atoms with Gasteiger partial charge in [-0.2, -0.15) is 0 Å². The lowest BCUT2D eigenvalue weighted by Gasteiger charge is -2.11. The fraction of sp³-hybridized carbons (Fsp3) is 0.250. The van der Waals surface area contributed by atoms with E-state index >= 15 is 0 Å². The molecule has 128 valence electrons. The fourth-order valence-electron chi connectivity index (χ4n) is 2.28. The predicted octanol–water partition coefficient (Wildman–Crippen LogP) is 2.73. The average Bonchev–Trinajstić information content (AvgIpc) is 2.54. The molecule has 0 aromatic heterocycles. The van der Waals surface area contributed by atoms with Gasteiger partial charge in [-0.15, -0.1) is 0 Å². The maximum atomic E-state index is 12.0. The minimum Gasteiger partial charge on any atom is -0.381 e. The van der Waals surface area contributed by atoms with Crippen LogP contribution in [0.15, 0.2) is 41.3 Å². The molecule has 0 unspecified atom stereocenters. The number of hydrogen-bond acceptors (Lipinski definition) is 5. The van der Waals surface area contributed by atoms with Crippen LogP contribution < -0.4 is 10.0 Å². The number of hydrogen-bond donors (Lipinski definition) is 2. The minimum atomic E-state index is -3.54. The van der Waals surface area contributed by atoms with Gasteiger partial charge >= 0.3 is 0 Å². The van der Waals surface area contributed by atoms with E-state index in [4.69, 9.17) is 0 Å². The van der Waals surface area contributed by atoms with Crippen molar-refractivity contribution in [2.24, 2.45) is 0 Å². The van der Waals surface area contributed by atoms with Crippen LogP contribution in [-0.4, -0.2) is 20.4 Å². The van der Waals surface area contributed by atoms with Gasteiger partial charge in [0.15, 0.2) is 0 Å². The van der Waals surface area contributed by atoms with Gasteiger partial charge in [-0.3, -0.25) is 10.1 Å². The van der Waals surface area contributed by atoms with E-state index in [1.54, 1.807) is 44.2 Å². The van der Waals surface area contributed by atoms with E-state index < -0.39 is 14.9 Å². The van der Waals surface area contributed by atoms with Crippen LogP contribution in [0, 0.1) is 24.0 Å². The lowest BCUT2D eigenvalue weighted by Crippen LogP contribution is -2.19. The molecule has 7 nitrogen and oxygen atoms in total. The first-order chi connectivity index (χ1) is 11.2. The number of nitro groups is 1. The number of nitrogens with one attached hydrogen (secondary N) is 2. The standard InChI is InChI=1S/C16H19N3O4S/c1-11-4-6-13(8-15(11)19(20)21)10-18-14-7-5-12(2)16(9-14)24(22,23)17-3/h4-9,17-18H,10H2,1-3H3. The summed E-state index contributed by atoms with van der Waals surface area (Å²) >= 11 is 0. The van der Waals surface area contributed by atoms with Gasteiger partial charge in [-0.1, -0.05) is 18.2 Å². The molecule has 0 aliphatic heterocycles. The largest absolute Gasteiger partial charge is 0.381 e. The zero-order valence-electron chi connectivity index (χ0n) is 13.7. The Kier molecular flexibility index (Phi) is 5.20. The molecule has 2 aromatic carbocycles.